The molecule has 5 heteroatoms. The van der Waals surface area contributed by atoms with Crippen molar-refractivity contribution in [1.82, 2.24) is 0 Å². The molecule has 1 unspecified atom stereocenters. The molecule has 0 heterocycles. The molecule has 32 heavy (non-hydrogen) atoms. The summed E-state index contributed by atoms with van der Waals surface area (Å²) < 4.78 is 0. The number of aromatic carboxylic acids is 1. The van der Waals surface area contributed by atoms with E-state index in [1.165, 1.54) is 11.1 Å². The Kier molecular flexibility index (Phi) is 4.97. The molecule has 5 nitrogen and oxygen atoms in total. The predicted molar refractivity (Wildman–Crippen MR) is 122 cm³/mol. The number of carboxylic acids is 1. The van der Waals surface area contributed by atoms with Gasteiger partial charge in [-0.15, -0.1) is 0 Å². The Labute approximate surface area is 188 Å². The summed E-state index contributed by atoms with van der Waals surface area (Å²) in [7, 11) is 0. The monoisotopic (exact) mass is 431 g/mol. The number of nitrogens with two attached hydrogens (primary N) is 1. The normalized spacial score (nSPS) is 32.1. The number of hydrogen-bond acceptors (Lipinski definition) is 3. The first-order valence-electron chi connectivity index (χ1n) is 11.4. The van der Waals surface area contributed by atoms with E-state index >= 15 is 0 Å². The molecule has 2 aromatic carbocycles. The number of carboxylic acid groups (broad SMARTS) is 1. The van der Waals surface area contributed by atoms with Gasteiger partial charge in [0.2, 0.25) is 5.91 Å². The van der Waals surface area contributed by atoms with Gasteiger partial charge in [0.1, 0.15) is 0 Å². The Morgan fingerprint density at radius 2 is 1.94 bits per heavy atom. The van der Waals surface area contributed by atoms with Crippen LogP contribution in [0.1, 0.15) is 75.9 Å². The van der Waals surface area contributed by atoms with Crippen molar-refractivity contribution < 1.29 is 19.8 Å². The number of aliphatic hydroxyl groups excluding tert-OH is 1. The molecule has 2 aromatic rings. The Bertz CT molecular complexity index is 1140. The van der Waals surface area contributed by atoms with Gasteiger partial charge < -0.3 is 15.9 Å². The van der Waals surface area contributed by atoms with Gasteiger partial charge in [-0.1, -0.05) is 31.2 Å². The molecule has 5 rings (SSSR count). The Morgan fingerprint density at radius 3 is 2.69 bits per heavy atom. The predicted octanol–water partition coefficient (Wildman–Crippen LogP) is 4.39. The van der Waals surface area contributed by atoms with Gasteiger partial charge in [-0.3, -0.25) is 4.79 Å². The minimum Gasteiger partial charge on any atom is -0.478 e. The Balaban J connectivity index is 1.45. The maximum absolute atomic E-state index is 11.5. The van der Waals surface area contributed by atoms with Gasteiger partial charge >= 0.3 is 5.97 Å². The van der Waals surface area contributed by atoms with E-state index < -0.39 is 18.0 Å². The zero-order valence-corrected chi connectivity index (χ0v) is 18.3. The minimum absolute atomic E-state index is 0.160. The van der Waals surface area contributed by atoms with E-state index in [2.05, 4.69) is 6.92 Å². The third-order valence-electron chi connectivity index (χ3n) is 8.37. The lowest BCUT2D eigenvalue weighted by Crippen LogP contribution is -2.44. The summed E-state index contributed by atoms with van der Waals surface area (Å²) in [6.07, 6.45) is 6.25. The lowest BCUT2D eigenvalue weighted by Gasteiger charge is -2.49. The fourth-order valence-electron chi connectivity index (χ4n) is 6.71. The van der Waals surface area contributed by atoms with E-state index in [9.17, 15) is 19.8 Å². The van der Waals surface area contributed by atoms with Crippen LogP contribution < -0.4 is 5.73 Å². The van der Waals surface area contributed by atoms with Crippen molar-refractivity contribution in [2.24, 2.45) is 23.0 Å². The fourth-order valence-corrected chi connectivity index (χ4v) is 6.71. The molecule has 5 atom stereocenters. The third kappa shape index (κ3) is 3.27. The summed E-state index contributed by atoms with van der Waals surface area (Å²) in [5.74, 6) is -0.0409. The van der Waals surface area contributed by atoms with Gasteiger partial charge in [0.05, 0.1) is 11.7 Å². The van der Waals surface area contributed by atoms with Gasteiger partial charge in [0.25, 0.3) is 0 Å². The highest BCUT2D eigenvalue weighted by molar-refractivity contribution is 5.93. The number of amides is 1. The van der Waals surface area contributed by atoms with Crippen LogP contribution in [0.15, 0.2) is 48.0 Å². The highest BCUT2D eigenvalue weighted by atomic mass is 16.4. The van der Waals surface area contributed by atoms with Crippen LogP contribution in [0.3, 0.4) is 0 Å². The number of hydrogen-bond donors (Lipinski definition) is 3. The van der Waals surface area contributed by atoms with Crippen molar-refractivity contribution >= 4 is 18.0 Å². The molecule has 0 aromatic heterocycles. The standard InChI is InChI=1S/C27H29NO4/c1-27-10-9-21-20-7-6-18(26(31)32)13-16(20)5-8-22(21)23(27)14-19(24(27)29)12-15-3-2-4-17(11-15)25(28)30/h2-4,6-7,11-13,21-24,29H,5,8-10,14H2,1H3,(H2,28,30)(H,31,32)/b19-12+/t21-,22-,23+,24+,27?/m1/s1. The van der Waals surface area contributed by atoms with Gasteiger partial charge in [-0.2, -0.15) is 0 Å². The van der Waals surface area contributed by atoms with Crippen molar-refractivity contribution in [3.63, 3.8) is 0 Å². The molecule has 2 saturated carbocycles. The highest BCUT2D eigenvalue weighted by Crippen LogP contribution is 2.62. The zero-order valence-electron chi connectivity index (χ0n) is 18.3. The molecular weight excluding hydrogens is 402 g/mol. The summed E-state index contributed by atoms with van der Waals surface area (Å²) in [6.45, 7) is 2.22. The molecule has 0 radical (unpaired) electrons. The highest BCUT2D eigenvalue weighted by Gasteiger charge is 2.56. The summed E-state index contributed by atoms with van der Waals surface area (Å²) in [6, 6.07) is 12.9. The van der Waals surface area contributed by atoms with Crippen LogP contribution in [0.5, 0.6) is 0 Å². The number of benzene rings is 2. The number of carbonyl (C=O) groups is 2. The van der Waals surface area contributed by atoms with Crippen LogP contribution in [0.4, 0.5) is 0 Å². The number of fused-ring (bicyclic) bond motifs is 5. The van der Waals surface area contributed by atoms with Crippen molar-refractivity contribution in [2.45, 2.75) is 51.0 Å². The van der Waals surface area contributed by atoms with Gasteiger partial charge in [-0.25, -0.2) is 4.79 Å². The molecule has 1 amide bonds. The largest absolute Gasteiger partial charge is 0.478 e. The molecule has 0 aliphatic heterocycles. The second-order valence-electron chi connectivity index (χ2n) is 9.99. The van der Waals surface area contributed by atoms with Gasteiger partial charge in [-0.05, 0) is 96.4 Å². The topological polar surface area (TPSA) is 101 Å². The smallest absolute Gasteiger partial charge is 0.335 e. The SMILES string of the molecule is CC12CC[C@@H]3c4ccc(C(=O)O)cc4CC[C@H]3[C@@H]1C/C(=C\c1cccc(C(N)=O)c1)[C@@H]2O. The lowest BCUT2D eigenvalue weighted by molar-refractivity contribution is -0.0158. The van der Waals surface area contributed by atoms with Crippen molar-refractivity contribution in [1.29, 1.82) is 0 Å². The first-order chi connectivity index (χ1) is 15.3. The number of carbonyl (C=O) groups excluding carboxylic acids is 1. The van der Waals surface area contributed by atoms with Crippen molar-refractivity contribution in [3.05, 3.63) is 75.9 Å². The molecule has 2 fully saturated rings. The summed E-state index contributed by atoms with van der Waals surface area (Å²) in [5.41, 5.74) is 10.5. The van der Waals surface area contributed by atoms with Crippen LogP contribution in [-0.2, 0) is 6.42 Å². The van der Waals surface area contributed by atoms with Crippen LogP contribution in [0.25, 0.3) is 6.08 Å². The second-order valence-corrected chi connectivity index (χ2v) is 9.99. The Hall–Kier alpha value is -2.92. The van der Waals surface area contributed by atoms with E-state index in [4.69, 9.17) is 5.73 Å². The quantitative estimate of drug-likeness (QED) is 0.671. The van der Waals surface area contributed by atoms with E-state index in [0.717, 1.165) is 43.2 Å². The van der Waals surface area contributed by atoms with Crippen LogP contribution in [0.2, 0.25) is 0 Å². The molecule has 4 N–H and O–H groups in total. The van der Waals surface area contributed by atoms with Crippen molar-refractivity contribution in [2.75, 3.05) is 0 Å². The summed E-state index contributed by atoms with van der Waals surface area (Å²) in [4.78, 5) is 22.9. The number of primary amides is 1. The number of aliphatic hydroxyl groups is 1. The molecule has 0 bridgehead atoms. The van der Waals surface area contributed by atoms with E-state index in [1.807, 2.05) is 30.3 Å². The van der Waals surface area contributed by atoms with Crippen LogP contribution in [-0.4, -0.2) is 28.2 Å². The van der Waals surface area contributed by atoms with Gasteiger partial charge in [0.15, 0.2) is 0 Å². The van der Waals surface area contributed by atoms with E-state index in [0.29, 0.717) is 28.9 Å². The maximum Gasteiger partial charge on any atom is 0.335 e. The van der Waals surface area contributed by atoms with Crippen LogP contribution in [0, 0.1) is 17.3 Å². The van der Waals surface area contributed by atoms with E-state index in [-0.39, 0.29) is 5.41 Å². The molecule has 3 aliphatic rings. The number of rotatable bonds is 3. The molecule has 0 spiro atoms. The molecule has 166 valence electrons. The molecule has 0 saturated heterocycles. The molecular formula is C27H29NO4. The van der Waals surface area contributed by atoms with Crippen LogP contribution >= 0.6 is 0 Å². The van der Waals surface area contributed by atoms with Gasteiger partial charge in [0, 0.05) is 11.0 Å². The maximum atomic E-state index is 11.5. The average molecular weight is 432 g/mol. The summed E-state index contributed by atoms with van der Waals surface area (Å²) >= 11 is 0. The minimum atomic E-state index is -0.875. The fraction of sp³-hybridized carbons (Fsp3) is 0.407. The lowest BCUT2D eigenvalue weighted by atomic mass is 9.55. The Morgan fingerprint density at radius 1 is 1.12 bits per heavy atom. The number of aryl methyl sites for hydroxylation is 1. The molecule has 3 aliphatic carbocycles. The summed E-state index contributed by atoms with van der Waals surface area (Å²) in [5, 5.41) is 20.7. The second kappa shape index (κ2) is 7.59. The third-order valence-corrected chi connectivity index (χ3v) is 8.37. The zero-order chi connectivity index (χ0) is 22.6. The average Bonchev–Trinajstić information content (AvgIpc) is 3.03. The van der Waals surface area contributed by atoms with E-state index in [1.54, 1.807) is 18.2 Å². The first-order valence-corrected chi connectivity index (χ1v) is 11.4. The first kappa shape index (κ1) is 21.0. The van der Waals surface area contributed by atoms with Crippen molar-refractivity contribution in [3.8, 4) is 0 Å².